The van der Waals surface area contributed by atoms with Crippen LogP contribution >= 0.6 is 11.3 Å². The number of rotatable bonds is 12. The number of amides is 2. The monoisotopic (exact) mass is 496 g/mol. The van der Waals surface area contributed by atoms with Crippen LogP contribution in [0.1, 0.15) is 20.8 Å². The number of nitrogens with zero attached hydrogens (tertiary/aromatic N) is 2. The summed E-state index contributed by atoms with van der Waals surface area (Å²) in [6, 6.07) is 14.9. The van der Waals surface area contributed by atoms with Gasteiger partial charge in [-0.25, -0.2) is 4.39 Å². The molecule has 6 nitrogen and oxygen atoms in total. The predicted molar refractivity (Wildman–Crippen MR) is 135 cm³/mol. The number of carbonyl (C=O) groups is 2. The van der Waals surface area contributed by atoms with Gasteiger partial charge < -0.3 is 19.3 Å². The third-order valence-electron chi connectivity index (χ3n) is 5.45. The molecule has 0 radical (unpaired) electrons. The summed E-state index contributed by atoms with van der Waals surface area (Å²) in [4.78, 5) is 30.6. The first-order valence-electron chi connectivity index (χ1n) is 11.1. The average molecular weight is 497 g/mol. The minimum atomic E-state index is -0.426. The lowest BCUT2D eigenvalue weighted by Gasteiger charge is -2.27. The van der Waals surface area contributed by atoms with Crippen molar-refractivity contribution >= 4 is 23.2 Å². The molecule has 1 aromatic heterocycles. The first-order chi connectivity index (χ1) is 16.9. The second-order valence-corrected chi connectivity index (χ2v) is 8.85. The van der Waals surface area contributed by atoms with Gasteiger partial charge in [0, 0.05) is 23.5 Å². The Morgan fingerprint density at radius 3 is 2.40 bits per heavy atom. The Kier molecular flexibility index (Phi) is 9.43. The number of benzene rings is 2. The third kappa shape index (κ3) is 7.16. The zero-order valence-corrected chi connectivity index (χ0v) is 20.7. The van der Waals surface area contributed by atoms with Gasteiger partial charge >= 0.3 is 0 Å². The molecule has 8 heteroatoms. The fourth-order valence-electron chi connectivity index (χ4n) is 3.60. The van der Waals surface area contributed by atoms with Gasteiger partial charge in [0.05, 0.1) is 20.8 Å². The molecule has 3 rings (SSSR count). The van der Waals surface area contributed by atoms with Gasteiger partial charge in [0.1, 0.15) is 12.4 Å². The summed E-state index contributed by atoms with van der Waals surface area (Å²) in [6.45, 7) is 4.70. The normalized spacial score (nSPS) is 10.5. The summed E-state index contributed by atoms with van der Waals surface area (Å²) in [6.07, 6.45) is 2.17. The Morgan fingerprint density at radius 2 is 1.77 bits per heavy atom. The van der Waals surface area contributed by atoms with Crippen LogP contribution in [0.3, 0.4) is 0 Å². The Balaban J connectivity index is 1.75. The lowest BCUT2D eigenvalue weighted by atomic mass is 10.1. The van der Waals surface area contributed by atoms with E-state index in [9.17, 15) is 14.0 Å². The van der Waals surface area contributed by atoms with E-state index in [2.05, 4.69) is 6.58 Å². The lowest BCUT2D eigenvalue weighted by Crippen LogP contribution is -2.43. The summed E-state index contributed by atoms with van der Waals surface area (Å²) in [5.41, 5.74) is 1.31. The van der Waals surface area contributed by atoms with Crippen LogP contribution < -0.4 is 9.47 Å². The van der Waals surface area contributed by atoms with E-state index in [-0.39, 0.29) is 24.9 Å². The highest BCUT2D eigenvalue weighted by atomic mass is 32.1. The highest BCUT2D eigenvalue weighted by Crippen LogP contribution is 2.28. The van der Waals surface area contributed by atoms with Crippen molar-refractivity contribution in [2.75, 3.05) is 33.9 Å². The quantitative estimate of drug-likeness (QED) is 0.338. The van der Waals surface area contributed by atoms with Gasteiger partial charge in [0.15, 0.2) is 11.5 Å². The predicted octanol–water partition coefficient (Wildman–Crippen LogP) is 4.80. The molecule has 0 aliphatic heterocycles. The standard InChI is InChI=1S/C27H29FN2O4S/c1-4-14-30(27(32)21-8-10-22(28)11-9-21)19-26(31)29(18-23-6-5-16-35-23)15-13-20-7-12-24(33-2)25(17-20)34-3/h4-12,16-17H,1,13-15,18-19H2,2-3H3. The van der Waals surface area contributed by atoms with E-state index in [1.165, 1.54) is 29.2 Å². The van der Waals surface area contributed by atoms with E-state index in [1.54, 1.807) is 36.5 Å². The van der Waals surface area contributed by atoms with Crippen LogP contribution in [0.15, 0.2) is 72.6 Å². The van der Waals surface area contributed by atoms with Crippen molar-refractivity contribution in [3.63, 3.8) is 0 Å². The molecule has 1 heterocycles. The van der Waals surface area contributed by atoms with Crippen LogP contribution in [0.5, 0.6) is 11.5 Å². The van der Waals surface area contributed by atoms with E-state index in [0.717, 1.165) is 10.4 Å². The number of hydrogen-bond acceptors (Lipinski definition) is 5. The molecule has 0 unspecified atom stereocenters. The van der Waals surface area contributed by atoms with Gasteiger partial charge in [0.2, 0.25) is 5.91 Å². The Bertz CT molecular complexity index is 1130. The van der Waals surface area contributed by atoms with Gasteiger partial charge in [-0.15, -0.1) is 17.9 Å². The molecular weight excluding hydrogens is 467 g/mol. The number of halogens is 1. The van der Waals surface area contributed by atoms with Crippen LogP contribution in [-0.4, -0.2) is 55.5 Å². The van der Waals surface area contributed by atoms with Gasteiger partial charge in [-0.3, -0.25) is 9.59 Å². The highest BCUT2D eigenvalue weighted by Gasteiger charge is 2.22. The first kappa shape index (κ1) is 26.0. The van der Waals surface area contributed by atoms with E-state index >= 15 is 0 Å². The zero-order valence-electron chi connectivity index (χ0n) is 19.9. The lowest BCUT2D eigenvalue weighted by molar-refractivity contribution is -0.132. The van der Waals surface area contributed by atoms with Crippen molar-refractivity contribution in [3.8, 4) is 11.5 Å². The molecule has 0 spiro atoms. The molecule has 2 amide bonds. The number of methoxy groups -OCH3 is 2. The summed E-state index contributed by atoms with van der Waals surface area (Å²) < 4.78 is 24.0. The van der Waals surface area contributed by atoms with Gasteiger partial charge in [-0.2, -0.15) is 0 Å². The molecule has 0 bridgehead atoms. The maximum Gasteiger partial charge on any atom is 0.254 e. The van der Waals surface area contributed by atoms with Crippen LogP contribution in [0.2, 0.25) is 0 Å². The van der Waals surface area contributed by atoms with Crippen LogP contribution in [0, 0.1) is 5.82 Å². The molecule has 0 aliphatic carbocycles. The number of hydrogen-bond donors (Lipinski definition) is 0. The first-order valence-corrected chi connectivity index (χ1v) is 12.0. The Labute approximate surface area is 209 Å². The number of ether oxygens (including phenoxy) is 2. The maximum atomic E-state index is 13.4. The zero-order chi connectivity index (χ0) is 25.2. The smallest absolute Gasteiger partial charge is 0.254 e. The largest absolute Gasteiger partial charge is 0.493 e. The summed E-state index contributed by atoms with van der Waals surface area (Å²) in [5.74, 6) is 0.306. The molecule has 0 N–H and O–H groups in total. The van der Waals surface area contributed by atoms with Gasteiger partial charge in [-0.05, 0) is 59.8 Å². The van der Waals surface area contributed by atoms with Crippen molar-refractivity contribution in [3.05, 3.63) is 94.5 Å². The summed E-state index contributed by atoms with van der Waals surface area (Å²) in [7, 11) is 3.17. The molecule has 3 aromatic rings. The number of carbonyl (C=O) groups excluding carboxylic acids is 2. The van der Waals surface area contributed by atoms with Crippen molar-refractivity contribution in [1.82, 2.24) is 9.80 Å². The van der Waals surface area contributed by atoms with Crippen molar-refractivity contribution in [2.24, 2.45) is 0 Å². The SMILES string of the molecule is C=CCN(CC(=O)N(CCc1ccc(OC)c(OC)c1)Cc1cccs1)C(=O)c1ccc(F)cc1. The molecular formula is C27H29FN2O4S. The van der Waals surface area contributed by atoms with Crippen molar-refractivity contribution in [2.45, 2.75) is 13.0 Å². The fraction of sp³-hybridized carbons (Fsp3) is 0.259. The van der Waals surface area contributed by atoms with Crippen LogP contribution in [-0.2, 0) is 17.8 Å². The average Bonchev–Trinajstić information content (AvgIpc) is 3.39. The van der Waals surface area contributed by atoms with Crippen LogP contribution in [0.4, 0.5) is 4.39 Å². The summed E-state index contributed by atoms with van der Waals surface area (Å²) in [5, 5.41) is 1.97. The Morgan fingerprint density at radius 1 is 1.03 bits per heavy atom. The van der Waals surface area contributed by atoms with Gasteiger partial charge in [-0.1, -0.05) is 18.2 Å². The third-order valence-corrected chi connectivity index (χ3v) is 6.31. The minimum Gasteiger partial charge on any atom is -0.493 e. The topological polar surface area (TPSA) is 59.1 Å². The van der Waals surface area contributed by atoms with E-state index in [4.69, 9.17) is 9.47 Å². The highest BCUT2D eigenvalue weighted by molar-refractivity contribution is 7.09. The van der Waals surface area contributed by atoms with Gasteiger partial charge in [0.25, 0.3) is 5.91 Å². The Hall–Kier alpha value is -3.65. The number of thiophene rings is 1. The van der Waals surface area contributed by atoms with E-state index in [0.29, 0.717) is 36.6 Å². The molecule has 0 fully saturated rings. The van der Waals surface area contributed by atoms with E-state index < -0.39 is 5.82 Å². The summed E-state index contributed by atoms with van der Waals surface area (Å²) >= 11 is 1.57. The molecule has 0 aliphatic rings. The minimum absolute atomic E-state index is 0.112. The molecule has 0 saturated carbocycles. The molecule has 184 valence electrons. The van der Waals surface area contributed by atoms with Crippen molar-refractivity contribution in [1.29, 1.82) is 0 Å². The van der Waals surface area contributed by atoms with Crippen molar-refractivity contribution < 1.29 is 23.5 Å². The molecule has 0 atom stereocenters. The second-order valence-electron chi connectivity index (χ2n) is 7.82. The second kappa shape index (κ2) is 12.7. The molecule has 35 heavy (non-hydrogen) atoms. The van der Waals surface area contributed by atoms with Crippen LogP contribution in [0.25, 0.3) is 0 Å². The molecule has 0 saturated heterocycles. The fourth-order valence-corrected chi connectivity index (χ4v) is 4.32. The van der Waals surface area contributed by atoms with E-state index in [1.807, 2.05) is 35.7 Å². The maximum absolute atomic E-state index is 13.4. The molecule has 2 aromatic carbocycles.